The molecule has 1 saturated carbocycles. The predicted octanol–water partition coefficient (Wildman–Crippen LogP) is 2.43. The average molecular weight is 269 g/mol. The standard InChI is InChI=1S/C16H35N3/c1-13(2)12-18(5)8-7-9-19(6)16-10-15(11-16)17-14(3)4/h13-17H,7-12H2,1-6H3. The summed E-state index contributed by atoms with van der Waals surface area (Å²) in [7, 11) is 4.53. The van der Waals surface area contributed by atoms with Gasteiger partial charge in [-0.05, 0) is 52.4 Å². The third-order valence-electron chi connectivity index (χ3n) is 4.03. The molecule has 1 rings (SSSR count). The Morgan fingerprint density at radius 3 is 2.21 bits per heavy atom. The van der Waals surface area contributed by atoms with E-state index in [-0.39, 0.29) is 0 Å². The van der Waals surface area contributed by atoms with Crippen LogP contribution in [0.3, 0.4) is 0 Å². The van der Waals surface area contributed by atoms with E-state index in [4.69, 9.17) is 0 Å². The summed E-state index contributed by atoms with van der Waals surface area (Å²) < 4.78 is 0. The molecule has 0 radical (unpaired) electrons. The molecule has 1 aliphatic rings. The predicted molar refractivity (Wildman–Crippen MR) is 84.7 cm³/mol. The van der Waals surface area contributed by atoms with E-state index in [1.54, 1.807) is 0 Å². The van der Waals surface area contributed by atoms with Crippen LogP contribution in [0.25, 0.3) is 0 Å². The molecule has 1 fully saturated rings. The van der Waals surface area contributed by atoms with Crippen LogP contribution in [0, 0.1) is 5.92 Å². The van der Waals surface area contributed by atoms with Crippen LogP contribution in [0.15, 0.2) is 0 Å². The second-order valence-electron chi connectivity index (χ2n) is 7.13. The van der Waals surface area contributed by atoms with E-state index in [0.717, 1.165) is 18.0 Å². The largest absolute Gasteiger partial charge is 0.312 e. The topological polar surface area (TPSA) is 18.5 Å². The van der Waals surface area contributed by atoms with Crippen molar-refractivity contribution in [3.8, 4) is 0 Å². The van der Waals surface area contributed by atoms with Crippen LogP contribution < -0.4 is 5.32 Å². The summed E-state index contributed by atoms with van der Waals surface area (Å²) in [6, 6.07) is 2.20. The third kappa shape index (κ3) is 6.73. The van der Waals surface area contributed by atoms with Crippen molar-refractivity contribution >= 4 is 0 Å². The molecule has 0 heterocycles. The van der Waals surface area contributed by atoms with Crippen molar-refractivity contribution in [3.05, 3.63) is 0 Å². The van der Waals surface area contributed by atoms with Gasteiger partial charge in [-0.1, -0.05) is 27.7 Å². The highest BCUT2D eigenvalue weighted by Crippen LogP contribution is 2.25. The van der Waals surface area contributed by atoms with E-state index in [1.165, 1.54) is 38.9 Å². The fourth-order valence-electron chi connectivity index (χ4n) is 3.04. The fraction of sp³-hybridized carbons (Fsp3) is 1.00. The zero-order valence-corrected chi connectivity index (χ0v) is 13.9. The Balaban J connectivity index is 2.05. The Labute approximate surface area is 120 Å². The maximum Gasteiger partial charge on any atom is 0.0122 e. The summed E-state index contributed by atoms with van der Waals surface area (Å²) in [5, 5.41) is 3.63. The summed E-state index contributed by atoms with van der Waals surface area (Å²) in [6.45, 7) is 12.7. The Morgan fingerprint density at radius 2 is 1.68 bits per heavy atom. The van der Waals surface area contributed by atoms with Crippen molar-refractivity contribution in [2.24, 2.45) is 5.92 Å². The highest BCUT2D eigenvalue weighted by molar-refractivity contribution is 4.91. The van der Waals surface area contributed by atoms with Crippen molar-refractivity contribution in [2.75, 3.05) is 33.7 Å². The molecule has 3 heteroatoms. The zero-order valence-electron chi connectivity index (χ0n) is 13.9. The number of nitrogens with zero attached hydrogens (tertiary/aromatic N) is 2. The van der Waals surface area contributed by atoms with Gasteiger partial charge in [0.05, 0.1) is 0 Å². The van der Waals surface area contributed by atoms with Gasteiger partial charge in [0.25, 0.3) is 0 Å². The minimum absolute atomic E-state index is 0.626. The highest BCUT2D eigenvalue weighted by atomic mass is 15.2. The third-order valence-corrected chi connectivity index (χ3v) is 4.03. The Bertz CT molecular complexity index is 234. The van der Waals surface area contributed by atoms with Crippen molar-refractivity contribution < 1.29 is 0 Å². The Kier molecular flexibility index (Phi) is 7.33. The first kappa shape index (κ1) is 16.9. The molecule has 3 nitrogen and oxygen atoms in total. The number of nitrogens with one attached hydrogen (secondary N) is 1. The number of hydrogen-bond donors (Lipinski definition) is 1. The minimum Gasteiger partial charge on any atom is -0.312 e. The molecule has 0 aliphatic heterocycles. The van der Waals surface area contributed by atoms with Crippen LogP contribution in [0.1, 0.15) is 47.0 Å². The first-order chi connectivity index (χ1) is 8.88. The van der Waals surface area contributed by atoms with Gasteiger partial charge in [0, 0.05) is 24.7 Å². The van der Waals surface area contributed by atoms with Crippen molar-refractivity contribution in [3.63, 3.8) is 0 Å². The van der Waals surface area contributed by atoms with Crippen LogP contribution in [0.2, 0.25) is 0 Å². The summed E-state index contributed by atoms with van der Waals surface area (Å²) in [5.74, 6) is 0.775. The fourth-order valence-corrected chi connectivity index (χ4v) is 3.04. The van der Waals surface area contributed by atoms with E-state index in [9.17, 15) is 0 Å². The lowest BCUT2D eigenvalue weighted by molar-refractivity contribution is 0.112. The molecular weight excluding hydrogens is 234 g/mol. The highest BCUT2D eigenvalue weighted by Gasteiger charge is 2.31. The van der Waals surface area contributed by atoms with Crippen LogP contribution in [0.4, 0.5) is 0 Å². The molecule has 0 aromatic heterocycles. The Morgan fingerprint density at radius 1 is 1.05 bits per heavy atom. The molecule has 0 bridgehead atoms. The van der Waals surface area contributed by atoms with Crippen molar-refractivity contribution in [2.45, 2.75) is 65.1 Å². The van der Waals surface area contributed by atoms with Gasteiger partial charge in [-0.3, -0.25) is 0 Å². The zero-order chi connectivity index (χ0) is 14.4. The lowest BCUT2D eigenvalue weighted by atomic mass is 9.85. The lowest BCUT2D eigenvalue weighted by Crippen LogP contribution is -2.53. The summed E-state index contributed by atoms with van der Waals surface area (Å²) in [6.07, 6.45) is 3.95. The lowest BCUT2D eigenvalue weighted by Gasteiger charge is -2.42. The monoisotopic (exact) mass is 269 g/mol. The smallest absolute Gasteiger partial charge is 0.0122 e. The molecule has 0 amide bonds. The van der Waals surface area contributed by atoms with E-state index in [1.807, 2.05) is 0 Å². The van der Waals surface area contributed by atoms with Crippen molar-refractivity contribution in [1.29, 1.82) is 0 Å². The quantitative estimate of drug-likeness (QED) is 0.693. The molecule has 0 atom stereocenters. The van der Waals surface area contributed by atoms with Crippen LogP contribution in [-0.2, 0) is 0 Å². The summed E-state index contributed by atoms with van der Waals surface area (Å²) in [5.41, 5.74) is 0. The van der Waals surface area contributed by atoms with E-state index in [2.05, 4.69) is 56.9 Å². The second-order valence-corrected chi connectivity index (χ2v) is 7.13. The Hall–Kier alpha value is -0.120. The van der Waals surface area contributed by atoms with Gasteiger partial charge in [-0.25, -0.2) is 0 Å². The van der Waals surface area contributed by atoms with Gasteiger partial charge >= 0.3 is 0 Å². The van der Waals surface area contributed by atoms with Crippen LogP contribution in [0.5, 0.6) is 0 Å². The molecule has 114 valence electrons. The van der Waals surface area contributed by atoms with E-state index < -0.39 is 0 Å². The maximum atomic E-state index is 3.63. The number of rotatable bonds is 9. The van der Waals surface area contributed by atoms with Gasteiger partial charge in [0.15, 0.2) is 0 Å². The van der Waals surface area contributed by atoms with Crippen LogP contribution >= 0.6 is 0 Å². The first-order valence-corrected chi connectivity index (χ1v) is 8.03. The molecule has 1 aliphatic carbocycles. The summed E-state index contributed by atoms with van der Waals surface area (Å²) in [4.78, 5) is 5.02. The molecule has 0 aromatic rings. The van der Waals surface area contributed by atoms with Gasteiger partial charge in [0.2, 0.25) is 0 Å². The second kappa shape index (κ2) is 8.23. The van der Waals surface area contributed by atoms with Gasteiger partial charge in [-0.15, -0.1) is 0 Å². The van der Waals surface area contributed by atoms with Crippen LogP contribution in [-0.4, -0.2) is 61.7 Å². The number of hydrogen-bond acceptors (Lipinski definition) is 3. The molecule has 19 heavy (non-hydrogen) atoms. The molecule has 1 N–H and O–H groups in total. The normalized spacial score (nSPS) is 23.7. The summed E-state index contributed by atoms with van der Waals surface area (Å²) >= 11 is 0. The van der Waals surface area contributed by atoms with Gasteiger partial charge < -0.3 is 15.1 Å². The van der Waals surface area contributed by atoms with Crippen molar-refractivity contribution in [1.82, 2.24) is 15.1 Å². The maximum absolute atomic E-state index is 3.63. The molecular formula is C16H35N3. The minimum atomic E-state index is 0.626. The molecule has 0 spiro atoms. The molecule has 0 aromatic carbocycles. The molecule has 0 saturated heterocycles. The average Bonchev–Trinajstić information content (AvgIpc) is 2.21. The van der Waals surface area contributed by atoms with Gasteiger partial charge in [0.1, 0.15) is 0 Å². The van der Waals surface area contributed by atoms with E-state index in [0.29, 0.717) is 6.04 Å². The van der Waals surface area contributed by atoms with Gasteiger partial charge in [-0.2, -0.15) is 0 Å². The van der Waals surface area contributed by atoms with E-state index >= 15 is 0 Å². The SMILES string of the molecule is CC(C)CN(C)CCCN(C)C1CC(NC(C)C)C1. The first-order valence-electron chi connectivity index (χ1n) is 8.03. The molecule has 0 unspecified atom stereocenters.